The minimum atomic E-state index is -0.148. The molecule has 1 aromatic heterocycles. The predicted octanol–water partition coefficient (Wildman–Crippen LogP) is 4.34. The van der Waals surface area contributed by atoms with Crippen molar-refractivity contribution < 1.29 is 9.53 Å². The SMILES string of the molecule is C.C[C@@H](C(=O)N(C)c1ccc2c(c1)CC(c1n[nH]c3c1CCC(C)(C)C3)=C2)N1CCOCC1. The summed E-state index contributed by atoms with van der Waals surface area (Å²) in [5.41, 5.74) is 8.92. The second-order valence-corrected chi connectivity index (χ2v) is 10.3. The van der Waals surface area contributed by atoms with Gasteiger partial charge in [-0.25, -0.2) is 0 Å². The molecule has 0 saturated carbocycles. The fourth-order valence-electron chi connectivity index (χ4n) is 5.33. The molecule has 178 valence electrons. The second kappa shape index (κ2) is 9.07. The maximum atomic E-state index is 13.1. The van der Waals surface area contributed by atoms with Crippen molar-refractivity contribution in [1.29, 1.82) is 0 Å². The molecule has 1 aromatic carbocycles. The lowest BCUT2D eigenvalue weighted by atomic mass is 9.76. The molecule has 1 atom stereocenters. The summed E-state index contributed by atoms with van der Waals surface area (Å²) in [7, 11) is 1.89. The summed E-state index contributed by atoms with van der Waals surface area (Å²) in [5, 5.41) is 8.03. The minimum Gasteiger partial charge on any atom is -0.379 e. The highest BCUT2D eigenvalue weighted by atomic mass is 16.5. The molecular formula is C27H38N4O2. The number of carbonyl (C=O) groups excluding carboxylic acids is 1. The molecule has 0 unspecified atom stereocenters. The molecule has 1 saturated heterocycles. The van der Waals surface area contributed by atoms with Crippen LogP contribution in [0.5, 0.6) is 0 Å². The number of benzene rings is 1. The zero-order chi connectivity index (χ0) is 22.5. The van der Waals surface area contributed by atoms with Crippen molar-refractivity contribution in [3.8, 4) is 0 Å². The summed E-state index contributed by atoms with van der Waals surface area (Å²) >= 11 is 0. The Labute approximate surface area is 198 Å². The number of anilines is 1. The Balaban J connectivity index is 0.00000259. The third-order valence-corrected chi connectivity index (χ3v) is 7.47. The molecule has 33 heavy (non-hydrogen) atoms. The number of aromatic nitrogens is 2. The van der Waals surface area contributed by atoms with E-state index < -0.39 is 0 Å². The van der Waals surface area contributed by atoms with Crippen molar-refractivity contribution in [1.82, 2.24) is 15.1 Å². The monoisotopic (exact) mass is 450 g/mol. The number of H-pyrrole nitrogens is 1. The molecular weight excluding hydrogens is 412 g/mol. The molecule has 2 aromatic rings. The second-order valence-electron chi connectivity index (χ2n) is 10.3. The van der Waals surface area contributed by atoms with Crippen LogP contribution in [0.4, 0.5) is 5.69 Å². The molecule has 1 amide bonds. The normalized spacial score (nSPS) is 20.3. The highest BCUT2D eigenvalue weighted by molar-refractivity contribution is 5.97. The van der Waals surface area contributed by atoms with Gasteiger partial charge in [0.2, 0.25) is 5.91 Å². The highest BCUT2D eigenvalue weighted by Crippen LogP contribution is 2.40. The Bertz CT molecular complexity index is 1060. The Morgan fingerprint density at radius 2 is 2.03 bits per heavy atom. The summed E-state index contributed by atoms with van der Waals surface area (Å²) in [4.78, 5) is 17.1. The predicted molar refractivity (Wildman–Crippen MR) is 134 cm³/mol. The first-order valence-corrected chi connectivity index (χ1v) is 11.8. The van der Waals surface area contributed by atoms with Crippen molar-refractivity contribution >= 4 is 23.2 Å². The van der Waals surface area contributed by atoms with Crippen LogP contribution in [0, 0.1) is 5.41 Å². The molecule has 3 aliphatic rings. The molecule has 2 heterocycles. The van der Waals surface area contributed by atoms with Gasteiger partial charge in [-0.2, -0.15) is 5.10 Å². The van der Waals surface area contributed by atoms with E-state index in [-0.39, 0.29) is 19.4 Å². The maximum Gasteiger partial charge on any atom is 0.243 e. The van der Waals surface area contributed by atoms with Crippen LogP contribution in [0.15, 0.2) is 18.2 Å². The molecule has 6 heteroatoms. The van der Waals surface area contributed by atoms with Crippen LogP contribution in [0.25, 0.3) is 11.6 Å². The quantitative estimate of drug-likeness (QED) is 0.753. The number of likely N-dealkylation sites (N-methyl/N-ethyl adjacent to an activating group) is 1. The fraction of sp³-hybridized carbons (Fsp3) is 0.556. The first-order chi connectivity index (χ1) is 15.3. The van der Waals surface area contributed by atoms with Gasteiger partial charge in [-0.15, -0.1) is 0 Å². The van der Waals surface area contributed by atoms with Crippen LogP contribution in [0.2, 0.25) is 0 Å². The van der Waals surface area contributed by atoms with Crippen molar-refractivity contribution in [3.05, 3.63) is 46.3 Å². The van der Waals surface area contributed by atoms with Crippen molar-refractivity contribution in [3.63, 3.8) is 0 Å². The van der Waals surface area contributed by atoms with Crippen molar-refractivity contribution in [2.24, 2.45) is 5.41 Å². The molecule has 0 spiro atoms. The number of carbonyl (C=O) groups is 1. The minimum absolute atomic E-state index is 0. The number of hydrogen-bond acceptors (Lipinski definition) is 4. The van der Waals surface area contributed by atoms with Gasteiger partial charge in [0.15, 0.2) is 0 Å². The zero-order valence-electron chi connectivity index (χ0n) is 19.7. The van der Waals surface area contributed by atoms with E-state index in [0.717, 1.165) is 43.7 Å². The lowest BCUT2D eigenvalue weighted by Gasteiger charge is -2.33. The number of amides is 1. The zero-order valence-corrected chi connectivity index (χ0v) is 19.7. The van der Waals surface area contributed by atoms with E-state index in [2.05, 4.69) is 48.1 Å². The Kier molecular flexibility index (Phi) is 6.52. The number of aromatic amines is 1. The Morgan fingerprint density at radius 3 is 2.79 bits per heavy atom. The van der Waals surface area contributed by atoms with E-state index in [9.17, 15) is 4.79 Å². The highest BCUT2D eigenvalue weighted by Gasteiger charge is 2.31. The summed E-state index contributed by atoms with van der Waals surface area (Å²) in [6, 6.07) is 6.23. The summed E-state index contributed by atoms with van der Waals surface area (Å²) in [6.45, 7) is 9.68. The van der Waals surface area contributed by atoms with Gasteiger partial charge in [0.05, 0.1) is 24.9 Å². The average Bonchev–Trinajstić information content (AvgIpc) is 3.40. The van der Waals surface area contributed by atoms with E-state index in [1.54, 1.807) is 4.90 Å². The molecule has 2 aliphatic carbocycles. The van der Waals surface area contributed by atoms with Crippen LogP contribution in [-0.4, -0.2) is 60.4 Å². The van der Waals surface area contributed by atoms with E-state index in [1.165, 1.54) is 34.4 Å². The van der Waals surface area contributed by atoms with Gasteiger partial charge in [0, 0.05) is 43.5 Å². The van der Waals surface area contributed by atoms with Crippen LogP contribution in [-0.2, 0) is 28.8 Å². The van der Waals surface area contributed by atoms with Crippen molar-refractivity contribution in [2.45, 2.75) is 59.9 Å². The van der Waals surface area contributed by atoms with Gasteiger partial charge in [-0.05, 0) is 66.5 Å². The maximum absolute atomic E-state index is 13.1. The van der Waals surface area contributed by atoms with E-state index in [4.69, 9.17) is 9.84 Å². The standard InChI is InChI=1S/C26H34N4O2.CH4/c1-17(30-9-11-32-12-10-30)25(31)29(4)21-6-5-18-13-20(14-19(18)15-21)24-22-7-8-26(2,3)16-23(22)27-28-24;/h5-6,13,15,17H,7-12,14,16H2,1-4H3,(H,27,28);1H4/t17-;/m0./s1. The topological polar surface area (TPSA) is 61.5 Å². The van der Waals surface area contributed by atoms with E-state index in [0.29, 0.717) is 18.6 Å². The lowest BCUT2D eigenvalue weighted by Crippen LogP contribution is -2.50. The molecule has 0 radical (unpaired) electrons. The number of morpholine rings is 1. The van der Waals surface area contributed by atoms with Crippen LogP contribution < -0.4 is 4.90 Å². The molecule has 1 N–H and O–H groups in total. The average molecular weight is 451 g/mol. The molecule has 1 aliphatic heterocycles. The number of nitrogens with zero attached hydrogens (tertiary/aromatic N) is 3. The number of nitrogens with one attached hydrogen (secondary N) is 1. The molecule has 0 bridgehead atoms. The van der Waals surface area contributed by atoms with Gasteiger partial charge in [-0.3, -0.25) is 14.8 Å². The van der Waals surface area contributed by atoms with Gasteiger partial charge in [-0.1, -0.05) is 27.3 Å². The third-order valence-electron chi connectivity index (χ3n) is 7.47. The Hall–Kier alpha value is -2.44. The van der Waals surface area contributed by atoms with Crippen molar-refractivity contribution in [2.75, 3.05) is 38.3 Å². The molecule has 6 nitrogen and oxygen atoms in total. The van der Waals surface area contributed by atoms with Gasteiger partial charge < -0.3 is 9.64 Å². The van der Waals surface area contributed by atoms with Gasteiger partial charge >= 0.3 is 0 Å². The summed E-state index contributed by atoms with van der Waals surface area (Å²) in [6.07, 6.45) is 6.49. The first kappa shape index (κ1) is 23.7. The van der Waals surface area contributed by atoms with Crippen LogP contribution in [0.3, 0.4) is 0 Å². The fourth-order valence-corrected chi connectivity index (χ4v) is 5.33. The van der Waals surface area contributed by atoms with E-state index >= 15 is 0 Å². The lowest BCUT2D eigenvalue weighted by molar-refractivity contribution is -0.124. The van der Waals surface area contributed by atoms with Gasteiger partial charge in [0.25, 0.3) is 0 Å². The largest absolute Gasteiger partial charge is 0.379 e. The van der Waals surface area contributed by atoms with Crippen LogP contribution >= 0.6 is 0 Å². The number of allylic oxidation sites excluding steroid dienone is 1. The molecule has 1 fully saturated rings. The number of ether oxygens (including phenoxy) is 1. The summed E-state index contributed by atoms with van der Waals surface area (Å²) < 4.78 is 5.43. The first-order valence-electron chi connectivity index (χ1n) is 11.8. The van der Waals surface area contributed by atoms with E-state index in [1.807, 2.05) is 14.0 Å². The smallest absolute Gasteiger partial charge is 0.243 e. The number of rotatable bonds is 4. The summed E-state index contributed by atoms with van der Waals surface area (Å²) in [5.74, 6) is 0.127. The Morgan fingerprint density at radius 1 is 1.27 bits per heavy atom. The van der Waals surface area contributed by atoms with Gasteiger partial charge in [0.1, 0.15) is 0 Å². The molecule has 5 rings (SSSR count). The van der Waals surface area contributed by atoms with Crippen LogP contribution in [0.1, 0.15) is 62.7 Å². The number of fused-ring (bicyclic) bond motifs is 2. The third kappa shape index (κ3) is 4.51. The number of hydrogen-bond donors (Lipinski definition) is 1.